The molecule has 2 N–H and O–H groups in total. The summed E-state index contributed by atoms with van der Waals surface area (Å²) < 4.78 is 1.68. The summed E-state index contributed by atoms with van der Waals surface area (Å²) in [5, 5.41) is 13.3. The van der Waals surface area contributed by atoms with E-state index in [1.54, 1.807) is 41.1 Å². The van der Waals surface area contributed by atoms with Crippen molar-refractivity contribution in [3.05, 3.63) is 56.8 Å². The van der Waals surface area contributed by atoms with E-state index >= 15 is 0 Å². The van der Waals surface area contributed by atoms with Crippen LogP contribution in [0.5, 0.6) is 0 Å². The van der Waals surface area contributed by atoms with Gasteiger partial charge < -0.3 is 10.6 Å². The molecule has 2 amide bonds. The number of halogens is 1. The predicted octanol–water partition coefficient (Wildman–Crippen LogP) is 5.11. The fourth-order valence-corrected chi connectivity index (χ4v) is 4.18. The SMILES string of the molecule is Cc1cc(C)n(C(C)C(=O)Nc2ccc(NC(=O)Cc3csc(C(C)C)n3)cc2Cl)n1. The Hall–Kier alpha value is -2.71. The molecule has 0 saturated heterocycles. The Bertz CT molecular complexity index is 1110. The Morgan fingerprint density at radius 3 is 2.48 bits per heavy atom. The summed E-state index contributed by atoms with van der Waals surface area (Å²) in [5.41, 5.74) is 3.54. The highest BCUT2D eigenvalue weighted by Crippen LogP contribution is 2.27. The molecule has 1 atom stereocenters. The summed E-state index contributed by atoms with van der Waals surface area (Å²) in [4.78, 5) is 29.5. The number of aromatic nitrogens is 3. The monoisotopic (exact) mass is 459 g/mol. The maximum Gasteiger partial charge on any atom is 0.248 e. The molecule has 0 saturated carbocycles. The molecule has 0 aliphatic carbocycles. The first kappa shape index (κ1) is 23.0. The quantitative estimate of drug-likeness (QED) is 0.513. The Labute approximate surface area is 190 Å². The standard InChI is InChI=1S/C22H26ClN5O2S/c1-12(2)22-25-17(11-31-22)10-20(29)24-16-6-7-19(18(23)9-16)26-21(30)15(5)28-14(4)8-13(3)27-28/h6-9,11-12,15H,10H2,1-5H3,(H,24,29)(H,26,30). The number of benzene rings is 1. The summed E-state index contributed by atoms with van der Waals surface area (Å²) in [6.07, 6.45) is 0.194. The van der Waals surface area contributed by atoms with Crippen molar-refractivity contribution in [1.82, 2.24) is 14.8 Å². The zero-order valence-corrected chi connectivity index (χ0v) is 19.8. The van der Waals surface area contributed by atoms with Crippen LogP contribution < -0.4 is 10.6 Å². The van der Waals surface area contributed by atoms with Gasteiger partial charge in [-0.15, -0.1) is 11.3 Å². The molecule has 0 aliphatic rings. The third kappa shape index (κ3) is 5.71. The predicted molar refractivity (Wildman–Crippen MR) is 125 cm³/mol. The van der Waals surface area contributed by atoms with Gasteiger partial charge in [0.1, 0.15) is 6.04 Å². The van der Waals surface area contributed by atoms with Gasteiger partial charge in [-0.25, -0.2) is 4.98 Å². The van der Waals surface area contributed by atoms with Gasteiger partial charge in [0.05, 0.1) is 33.5 Å². The molecule has 1 unspecified atom stereocenters. The molecule has 2 heterocycles. The Morgan fingerprint density at radius 1 is 1.16 bits per heavy atom. The van der Waals surface area contributed by atoms with Crippen LogP contribution in [0.25, 0.3) is 0 Å². The summed E-state index contributed by atoms with van der Waals surface area (Å²) in [6, 6.07) is 6.42. The number of carbonyl (C=O) groups excluding carboxylic acids is 2. The Kier molecular flexibility index (Phi) is 7.12. The highest BCUT2D eigenvalue weighted by Gasteiger charge is 2.19. The average Bonchev–Trinajstić information content (AvgIpc) is 3.29. The zero-order chi connectivity index (χ0) is 22.7. The smallest absolute Gasteiger partial charge is 0.248 e. The first-order valence-corrected chi connectivity index (χ1v) is 11.3. The molecular weight excluding hydrogens is 434 g/mol. The number of aryl methyl sites for hydroxylation is 2. The van der Waals surface area contributed by atoms with Crippen LogP contribution in [-0.4, -0.2) is 26.6 Å². The van der Waals surface area contributed by atoms with E-state index in [9.17, 15) is 9.59 Å². The van der Waals surface area contributed by atoms with Crippen molar-refractivity contribution in [2.45, 2.75) is 53.0 Å². The maximum atomic E-state index is 12.6. The summed E-state index contributed by atoms with van der Waals surface area (Å²) in [7, 11) is 0. The lowest BCUT2D eigenvalue weighted by Crippen LogP contribution is -2.25. The van der Waals surface area contributed by atoms with Gasteiger partial charge in [-0.2, -0.15) is 5.10 Å². The topological polar surface area (TPSA) is 88.9 Å². The molecule has 31 heavy (non-hydrogen) atoms. The van der Waals surface area contributed by atoms with E-state index in [1.807, 2.05) is 25.3 Å². The highest BCUT2D eigenvalue weighted by molar-refractivity contribution is 7.09. The zero-order valence-electron chi connectivity index (χ0n) is 18.2. The molecule has 0 aliphatic heterocycles. The van der Waals surface area contributed by atoms with Crippen LogP contribution in [0.15, 0.2) is 29.6 Å². The molecule has 0 bridgehead atoms. The van der Waals surface area contributed by atoms with Gasteiger partial charge in [-0.05, 0) is 45.0 Å². The van der Waals surface area contributed by atoms with E-state index in [-0.39, 0.29) is 18.2 Å². The molecule has 1 aromatic carbocycles. The summed E-state index contributed by atoms with van der Waals surface area (Å²) in [5.74, 6) is -0.0618. The number of thiazole rings is 1. The molecule has 0 radical (unpaired) electrons. The van der Waals surface area contributed by atoms with E-state index in [2.05, 4.69) is 34.6 Å². The summed E-state index contributed by atoms with van der Waals surface area (Å²) >= 11 is 7.90. The minimum Gasteiger partial charge on any atom is -0.326 e. The second-order valence-corrected chi connectivity index (χ2v) is 9.09. The molecular formula is C22H26ClN5O2S. The highest BCUT2D eigenvalue weighted by atomic mass is 35.5. The van der Waals surface area contributed by atoms with Crippen LogP contribution >= 0.6 is 22.9 Å². The van der Waals surface area contributed by atoms with Crippen LogP contribution in [0.3, 0.4) is 0 Å². The largest absolute Gasteiger partial charge is 0.326 e. The fourth-order valence-electron chi connectivity index (χ4n) is 3.12. The van der Waals surface area contributed by atoms with Crippen molar-refractivity contribution in [3.63, 3.8) is 0 Å². The van der Waals surface area contributed by atoms with E-state index in [0.29, 0.717) is 22.3 Å². The van der Waals surface area contributed by atoms with Gasteiger partial charge >= 0.3 is 0 Å². The van der Waals surface area contributed by atoms with Crippen LogP contribution in [0.1, 0.15) is 54.8 Å². The van der Waals surface area contributed by atoms with E-state index < -0.39 is 6.04 Å². The number of anilines is 2. The molecule has 2 aromatic heterocycles. The van der Waals surface area contributed by atoms with Crippen LogP contribution in [0, 0.1) is 13.8 Å². The van der Waals surface area contributed by atoms with Gasteiger partial charge in [0.15, 0.2) is 0 Å². The first-order chi connectivity index (χ1) is 14.6. The number of amides is 2. The number of hydrogen-bond acceptors (Lipinski definition) is 5. The third-order valence-electron chi connectivity index (χ3n) is 4.71. The Balaban J connectivity index is 1.62. The Morgan fingerprint density at radius 2 is 1.90 bits per heavy atom. The van der Waals surface area contributed by atoms with Gasteiger partial charge in [-0.3, -0.25) is 14.3 Å². The summed E-state index contributed by atoms with van der Waals surface area (Å²) in [6.45, 7) is 9.71. The second-order valence-electron chi connectivity index (χ2n) is 7.79. The van der Waals surface area contributed by atoms with Gasteiger partial charge in [0.25, 0.3) is 0 Å². The fraction of sp³-hybridized carbons (Fsp3) is 0.364. The van der Waals surface area contributed by atoms with E-state index in [4.69, 9.17) is 11.6 Å². The van der Waals surface area contributed by atoms with Gasteiger partial charge in [0.2, 0.25) is 11.8 Å². The number of nitrogens with one attached hydrogen (secondary N) is 2. The van der Waals surface area contributed by atoms with E-state index in [1.165, 1.54) is 0 Å². The van der Waals surface area contributed by atoms with Crippen molar-refractivity contribution in [2.75, 3.05) is 10.6 Å². The molecule has 3 aromatic rings. The second kappa shape index (κ2) is 9.62. The van der Waals surface area contributed by atoms with Crippen molar-refractivity contribution < 1.29 is 9.59 Å². The lowest BCUT2D eigenvalue weighted by Gasteiger charge is -2.16. The van der Waals surface area contributed by atoms with Crippen LogP contribution in [-0.2, 0) is 16.0 Å². The number of carbonyl (C=O) groups is 2. The molecule has 0 fully saturated rings. The number of nitrogens with zero attached hydrogens (tertiary/aromatic N) is 3. The van der Waals surface area contributed by atoms with Crippen LogP contribution in [0.4, 0.5) is 11.4 Å². The van der Waals surface area contributed by atoms with Crippen molar-refractivity contribution in [2.24, 2.45) is 0 Å². The van der Waals surface area contributed by atoms with Crippen molar-refractivity contribution >= 4 is 46.1 Å². The average molecular weight is 460 g/mol. The third-order valence-corrected chi connectivity index (χ3v) is 6.21. The number of hydrogen-bond donors (Lipinski definition) is 2. The minimum atomic E-state index is -0.488. The van der Waals surface area contributed by atoms with Crippen molar-refractivity contribution in [3.8, 4) is 0 Å². The molecule has 3 rings (SSSR count). The number of rotatable bonds is 7. The van der Waals surface area contributed by atoms with E-state index in [0.717, 1.165) is 22.1 Å². The molecule has 164 valence electrons. The maximum absolute atomic E-state index is 12.6. The first-order valence-electron chi connectivity index (χ1n) is 10.0. The molecule has 9 heteroatoms. The normalized spacial score (nSPS) is 12.1. The van der Waals surface area contributed by atoms with Crippen LogP contribution in [0.2, 0.25) is 5.02 Å². The lowest BCUT2D eigenvalue weighted by atomic mass is 10.2. The molecule has 0 spiro atoms. The van der Waals surface area contributed by atoms with Gasteiger partial charge in [0, 0.05) is 22.7 Å². The van der Waals surface area contributed by atoms with Crippen molar-refractivity contribution in [1.29, 1.82) is 0 Å². The minimum absolute atomic E-state index is 0.174. The lowest BCUT2D eigenvalue weighted by molar-refractivity contribution is -0.119. The molecule has 7 nitrogen and oxygen atoms in total. The van der Waals surface area contributed by atoms with Gasteiger partial charge in [-0.1, -0.05) is 25.4 Å².